The van der Waals surface area contributed by atoms with Crippen LogP contribution >= 0.6 is 0 Å². The largest absolute Gasteiger partial charge is 0.417 e. The highest BCUT2D eigenvalue weighted by molar-refractivity contribution is 6.05. The van der Waals surface area contributed by atoms with Gasteiger partial charge in [-0.15, -0.1) is 0 Å². The maximum Gasteiger partial charge on any atom is 0.417 e. The Morgan fingerprint density at radius 1 is 1.13 bits per heavy atom. The van der Waals surface area contributed by atoms with Gasteiger partial charge in [-0.25, -0.2) is 4.98 Å². The van der Waals surface area contributed by atoms with Crippen molar-refractivity contribution in [1.82, 2.24) is 19.9 Å². The molecule has 1 N–H and O–H groups in total. The summed E-state index contributed by atoms with van der Waals surface area (Å²) < 4.78 is 42.3. The molecule has 0 saturated carbocycles. The maximum atomic E-state index is 13.5. The summed E-state index contributed by atoms with van der Waals surface area (Å²) in [7, 11) is 1.76. The van der Waals surface area contributed by atoms with Crippen LogP contribution < -0.4 is 5.32 Å². The van der Waals surface area contributed by atoms with Gasteiger partial charge in [-0.1, -0.05) is 24.3 Å². The fourth-order valence-electron chi connectivity index (χ4n) is 3.30. The molecule has 152 valence electrons. The van der Waals surface area contributed by atoms with Gasteiger partial charge in [0, 0.05) is 43.1 Å². The lowest BCUT2D eigenvalue weighted by Crippen LogP contribution is -2.24. The van der Waals surface area contributed by atoms with Gasteiger partial charge in [0.15, 0.2) is 0 Å². The standard InChI is InChI=1S/C22H17F3N4O/c1-29-10-8-16-19(29)11-18(15-6-2-3-7-17(15)22(23,24)25)28-20(16)21(30)27-13-14-5-4-9-26-12-14/h2-12H,13H2,1H3,(H,27,30). The Morgan fingerprint density at radius 2 is 1.93 bits per heavy atom. The van der Waals surface area contributed by atoms with E-state index in [9.17, 15) is 18.0 Å². The summed E-state index contributed by atoms with van der Waals surface area (Å²) in [5, 5.41) is 3.33. The molecule has 0 fully saturated rings. The predicted molar refractivity (Wildman–Crippen MR) is 107 cm³/mol. The van der Waals surface area contributed by atoms with E-state index < -0.39 is 17.6 Å². The van der Waals surface area contributed by atoms with Crippen LogP contribution in [0.2, 0.25) is 0 Å². The van der Waals surface area contributed by atoms with E-state index in [1.165, 1.54) is 18.2 Å². The Bertz CT molecular complexity index is 1220. The van der Waals surface area contributed by atoms with Crippen LogP contribution in [0.15, 0.2) is 67.1 Å². The number of fused-ring (bicyclic) bond motifs is 1. The van der Waals surface area contributed by atoms with Gasteiger partial charge in [0.25, 0.3) is 5.91 Å². The smallest absolute Gasteiger partial charge is 0.350 e. The summed E-state index contributed by atoms with van der Waals surface area (Å²) in [5.74, 6) is -0.471. The normalized spacial score (nSPS) is 11.6. The fraction of sp³-hybridized carbons (Fsp3) is 0.136. The molecule has 5 nitrogen and oxygen atoms in total. The Balaban J connectivity index is 1.79. The van der Waals surface area contributed by atoms with E-state index >= 15 is 0 Å². The van der Waals surface area contributed by atoms with Gasteiger partial charge in [0.1, 0.15) is 5.69 Å². The van der Waals surface area contributed by atoms with Gasteiger partial charge in [-0.2, -0.15) is 13.2 Å². The van der Waals surface area contributed by atoms with Gasteiger partial charge in [-0.3, -0.25) is 9.78 Å². The summed E-state index contributed by atoms with van der Waals surface area (Å²) in [6, 6.07) is 12.1. The number of carbonyl (C=O) groups excluding carboxylic acids is 1. The van der Waals surface area contributed by atoms with Crippen molar-refractivity contribution in [2.24, 2.45) is 7.05 Å². The van der Waals surface area contributed by atoms with E-state index in [-0.39, 0.29) is 23.5 Å². The first-order valence-corrected chi connectivity index (χ1v) is 9.14. The summed E-state index contributed by atoms with van der Waals surface area (Å²) in [4.78, 5) is 21.2. The van der Waals surface area contributed by atoms with E-state index in [1.54, 1.807) is 48.4 Å². The first-order chi connectivity index (χ1) is 14.3. The third-order valence-electron chi connectivity index (χ3n) is 4.78. The predicted octanol–water partition coefficient (Wildman–Crippen LogP) is 4.58. The lowest BCUT2D eigenvalue weighted by atomic mass is 10.0. The summed E-state index contributed by atoms with van der Waals surface area (Å²) in [5.41, 5.74) is 0.701. The number of carbonyl (C=O) groups is 1. The molecule has 4 aromatic rings. The van der Waals surface area contributed by atoms with Crippen LogP contribution in [0.3, 0.4) is 0 Å². The number of rotatable bonds is 4. The second-order valence-corrected chi connectivity index (χ2v) is 6.80. The summed E-state index contributed by atoms with van der Waals surface area (Å²) >= 11 is 0. The minimum atomic E-state index is -4.54. The molecule has 1 amide bonds. The Kier molecular flexibility index (Phi) is 4.99. The van der Waals surface area contributed by atoms with Crippen LogP contribution in [-0.4, -0.2) is 20.4 Å². The number of hydrogen-bond donors (Lipinski definition) is 1. The molecule has 0 saturated heterocycles. The maximum absolute atomic E-state index is 13.5. The van der Waals surface area contributed by atoms with Crippen LogP contribution in [0, 0.1) is 0 Å². The number of alkyl halides is 3. The molecule has 1 aromatic carbocycles. The van der Waals surface area contributed by atoms with Crippen molar-refractivity contribution < 1.29 is 18.0 Å². The third kappa shape index (κ3) is 3.76. The molecule has 30 heavy (non-hydrogen) atoms. The molecule has 0 unspecified atom stereocenters. The van der Waals surface area contributed by atoms with Crippen molar-refractivity contribution in [1.29, 1.82) is 0 Å². The van der Waals surface area contributed by atoms with Gasteiger partial charge in [-0.05, 0) is 29.8 Å². The number of aromatic nitrogens is 3. The molecule has 0 aliphatic heterocycles. The number of hydrogen-bond acceptors (Lipinski definition) is 3. The number of halogens is 3. The van der Waals surface area contributed by atoms with E-state index in [0.717, 1.165) is 11.6 Å². The molecule has 4 rings (SSSR count). The molecule has 0 radical (unpaired) electrons. The number of nitrogens with zero attached hydrogens (tertiary/aromatic N) is 3. The highest BCUT2D eigenvalue weighted by atomic mass is 19.4. The highest BCUT2D eigenvalue weighted by Gasteiger charge is 2.34. The number of aryl methyl sites for hydroxylation is 1. The Morgan fingerprint density at radius 3 is 2.67 bits per heavy atom. The van der Waals surface area contributed by atoms with Crippen LogP contribution in [0.25, 0.3) is 22.2 Å². The monoisotopic (exact) mass is 410 g/mol. The number of amides is 1. The van der Waals surface area contributed by atoms with E-state index in [0.29, 0.717) is 10.9 Å². The van der Waals surface area contributed by atoms with Gasteiger partial charge >= 0.3 is 6.18 Å². The van der Waals surface area contributed by atoms with Crippen molar-refractivity contribution in [2.45, 2.75) is 12.7 Å². The average Bonchev–Trinajstić information content (AvgIpc) is 3.12. The molecule has 0 atom stereocenters. The minimum absolute atomic E-state index is 0.0731. The average molecular weight is 410 g/mol. The van der Waals surface area contributed by atoms with Crippen LogP contribution in [0.5, 0.6) is 0 Å². The number of benzene rings is 1. The molecule has 0 spiro atoms. The second kappa shape index (κ2) is 7.62. The molecule has 0 aliphatic rings. The molecule has 0 bridgehead atoms. The topological polar surface area (TPSA) is 59.8 Å². The number of nitrogens with one attached hydrogen (secondary N) is 1. The molecular formula is C22H17F3N4O. The third-order valence-corrected chi connectivity index (χ3v) is 4.78. The van der Waals surface area contributed by atoms with Crippen molar-refractivity contribution in [3.05, 3.63) is 83.9 Å². The van der Waals surface area contributed by atoms with Gasteiger partial charge in [0.05, 0.1) is 16.8 Å². The SMILES string of the molecule is Cn1ccc2c(C(=O)NCc3cccnc3)nc(-c3ccccc3C(F)(F)F)cc21. The van der Waals surface area contributed by atoms with Gasteiger partial charge in [0.2, 0.25) is 0 Å². The zero-order chi connectivity index (χ0) is 21.3. The first-order valence-electron chi connectivity index (χ1n) is 9.14. The zero-order valence-electron chi connectivity index (χ0n) is 15.9. The Hall–Kier alpha value is -3.68. The summed E-state index contributed by atoms with van der Waals surface area (Å²) in [6.45, 7) is 0.228. The number of pyridine rings is 2. The quantitative estimate of drug-likeness (QED) is 0.536. The fourth-order valence-corrected chi connectivity index (χ4v) is 3.30. The van der Waals surface area contributed by atoms with Crippen molar-refractivity contribution in [3.63, 3.8) is 0 Å². The van der Waals surface area contributed by atoms with Gasteiger partial charge < -0.3 is 9.88 Å². The van der Waals surface area contributed by atoms with Crippen molar-refractivity contribution in [3.8, 4) is 11.3 Å². The second-order valence-electron chi connectivity index (χ2n) is 6.80. The lowest BCUT2D eigenvalue weighted by molar-refractivity contribution is -0.137. The summed E-state index contributed by atoms with van der Waals surface area (Å²) in [6.07, 6.45) is 0.456. The molecule has 8 heteroatoms. The molecule has 0 aliphatic carbocycles. The van der Waals surface area contributed by atoms with E-state index in [4.69, 9.17) is 0 Å². The molecular weight excluding hydrogens is 393 g/mol. The minimum Gasteiger partial charge on any atom is -0.350 e. The van der Waals surface area contributed by atoms with E-state index in [1.807, 2.05) is 6.07 Å². The first kappa shape index (κ1) is 19.6. The highest BCUT2D eigenvalue weighted by Crippen LogP contribution is 2.37. The van der Waals surface area contributed by atoms with Crippen LogP contribution in [-0.2, 0) is 19.8 Å². The van der Waals surface area contributed by atoms with Crippen molar-refractivity contribution in [2.75, 3.05) is 0 Å². The van der Waals surface area contributed by atoms with Crippen LogP contribution in [0.1, 0.15) is 21.6 Å². The van der Waals surface area contributed by atoms with E-state index in [2.05, 4.69) is 15.3 Å². The Labute approximate surface area is 170 Å². The zero-order valence-corrected chi connectivity index (χ0v) is 15.9. The van der Waals surface area contributed by atoms with Crippen LogP contribution in [0.4, 0.5) is 13.2 Å². The lowest BCUT2D eigenvalue weighted by Gasteiger charge is -2.14. The van der Waals surface area contributed by atoms with Crippen molar-refractivity contribution >= 4 is 16.8 Å². The molecule has 3 aromatic heterocycles. The molecule has 3 heterocycles.